The third-order valence-corrected chi connectivity index (χ3v) is 8.95. The second kappa shape index (κ2) is 4.30. The van der Waals surface area contributed by atoms with Gasteiger partial charge in [-0.1, -0.05) is 34.6 Å². The van der Waals surface area contributed by atoms with Crippen LogP contribution in [0.4, 0.5) is 0 Å². The number of hydrogen-bond donors (Lipinski definition) is 2. The lowest BCUT2D eigenvalue weighted by Crippen LogP contribution is -2.57. The van der Waals surface area contributed by atoms with E-state index in [-0.39, 0.29) is 23.0 Å². The van der Waals surface area contributed by atoms with Crippen molar-refractivity contribution in [1.29, 1.82) is 0 Å². The van der Waals surface area contributed by atoms with Gasteiger partial charge in [0.15, 0.2) is 0 Å². The maximum atomic E-state index is 11.3. The molecular formula is C20H34O2. The summed E-state index contributed by atoms with van der Waals surface area (Å²) < 4.78 is 0. The van der Waals surface area contributed by atoms with Crippen LogP contribution in [0.3, 0.4) is 0 Å². The van der Waals surface area contributed by atoms with E-state index in [1.165, 1.54) is 19.3 Å². The Balaban J connectivity index is 1.78. The third-order valence-electron chi connectivity index (χ3n) is 8.95. The average molecular weight is 306 g/mol. The minimum Gasteiger partial charge on any atom is -0.393 e. The van der Waals surface area contributed by atoms with Crippen molar-refractivity contribution in [2.24, 2.45) is 45.8 Å². The molecule has 0 radical (unpaired) electrons. The Hall–Kier alpha value is -0.0800. The smallest absolute Gasteiger partial charge is 0.0632 e. The Labute approximate surface area is 135 Å². The summed E-state index contributed by atoms with van der Waals surface area (Å²) in [4.78, 5) is 0. The van der Waals surface area contributed by atoms with Crippen LogP contribution in [0, 0.1) is 45.8 Å². The first-order valence-corrected chi connectivity index (χ1v) is 9.50. The second-order valence-electron chi connectivity index (χ2n) is 10.4. The van der Waals surface area contributed by atoms with Gasteiger partial charge < -0.3 is 10.2 Å². The van der Waals surface area contributed by atoms with Crippen molar-refractivity contribution in [2.75, 3.05) is 0 Å². The Bertz CT molecular complexity index is 486. The molecule has 0 aromatic heterocycles. The van der Waals surface area contributed by atoms with Crippen molar-refractivity contribution in [3.05, 3.63) is 0 Å². The van der Waals surface area contributed by atoms with Gasteiger partial charge in [0.05, 0.1) is 12.2 Å². The van der Waals surface area contributed by atoms with Crippen LogP contribution in [0.5, 0.6) is 0 Å². The highest BCUT2D eigenvalue weighted by Gasteiger charge is 2.71. The zero-order valence-electron chi connectivity index (χ0n) is 15.0. The summed E-state index contributed by atoms with van der Waals surface area (Å²) >= 11 is 0. The maximum Gasteiger partial charge on any atom is 0.0632 e. The zero-order chi connectivity index (χ0) is 16.1. The summed E-state index contributed by atoms with van der Waals surface area (Å²) in [5, 5.41) is 22.1. The van der Waals surface area contributed by atoms with Crippen molar-refractivity contribution < 1.29 is 10.2 Å². The van der Waals surface area contributed by atoms with E-state index in [1.54, 1.807) is 0 Å². The van der Waals surface area contributed by atoms with E-state index >= 15 is 0 Å². The van der Waals surface area contributed by atoms with Gasteiger partial charge in [0.1, 0.15) is 0 Å². The number of hydrogen-bond acceptors (Lipinski definition) is 2. The van der Waals surface area contributed by atoms with Gasteiger partial charge in [0.2, 0.25) is 0 Å². The monoisotopic (exact) mass is 306 g/mol. The molecule has 0 amide bonds. The maximum absolute atomic E-state index is 11.3. The van der Waals surface area contributed by atoms with Crippen LogP contribution in [0.1, 0.15) is 66.7 Å². The largest absolute Gasteiger partial charge is 0.393 e. The molecule has 2 heteroatoms. The Morgan fingerprint density at radius 2 is 1.59 bits per heavy atom. The topological polar surface area (TPSA) is 40.5 Å². The average Bonchev–Trinajstić information content (AvgIpc) is 3.01. The lowest BCUT2D eigenvalue weighted by Gasteiger charge is -2.59. The van der Waals surface area contributed by atoms with Gasteiger partial charge in [-0.15, -0.1) is 0 Å². The summed E-state index contributed by atoms with van der Waals surface area (Å²) in [6.07, 6.45) is 5.47. The number of rotatable bonds is 1. The van der Waals surface area contributed by atoms with E-state index in [2.05, 4.69) is 34.6 Å². The Kier molecular flexibility index (Phi) is 3.02. The predicted molar refractivity (Wildman–Crippen MR) is 88.2 cm³/mol. The van der Waals surface area contributed by atoms with Gasteiger partial charge in [-0.05, 0) is 77.9 Å². The standard InChI is InChI=1S/C20H34O2/c1-11(2)13-8-14(21)19(4)7-6-18(3)9-12-10-20(12,5)17(22)16(18)15(13)19/h11-17,21-22H,6-10H2,1-5H3/t12-,13-,14-,15-,16-,17-,18-,19-,20+/m0/s1. The van der Waals surface area contributed by atoms with Crippen LogP contribution in [-0.4, -0.2) is 22.4 Å². The van der Waals surface area contributed by atoms with E-state index in [0.29, 0.717) is 29.1 Å². The number of aliphatic hydroxyl groups excluding tert-OH is 2. The van der Waals surface area contributed by atoms with E-state index < -0.39 is 0 Å². The van der Waals surface area contributed by atoms with Crippen LogP contribution in [0.25, 0.3) is 0 Å². The van der Waals surface area contributed by atoms with E-state index in [9.17, 15) is 10.2 Å². The van der Waals surface area contributed by atoms with Crippen molar-refractivity contribution in [2.45, 2.75) is 78.9 Å². The summed E-state index contributed by atoms with van der Waals surface area (Å²) in [5.74, 6) is 2.80. The SMILES string of the molecule is CC(C)[C@@H]1C[C@H](O)[C@]2(C)CC[C@@]3(C)C[C@H]4C[C@@]4(C)[C@@H](O)[C@@H]3[C@H]12. The van der Waals surface area contributed by atoms with Gasteiger partial charge in [0.25, 0.3) is 0 Å². The molecule has 2 nitrogen and oxygen atoms in total. The molecule has 9 atom stereocenters. The number of aliphatic hydroxyl groups is 2. The minimum absolute atomic E-state index is 0.0260. The summed E-state index contributed by atoms with van der Waals surface area (Å²) in [6, 6.07) is 0. The minimum atomic E-state index is -0.175. The van der Waals surface area contributed by atoms with Crippen LogP contribution in [-0.2, 0) is 0 Å². The summed E-state index contributed by atoms with van der Waals surface area (Å²) in [5.41, 5.74) is 0.497. The van der Waals surface area contributed by atoms with Gasteiger partial charge in [0, 0.05) is 0 Å². The molecule has 4 aliphatic rings. The van der Waals surface area contributed by atoms with Crippen LogP contribution in [0.15, 0.2) is 0 Å². The molecule has 4 saturated carbocycles. The molecule has 0 spiro atoms. The third kappa shape index (κ3) is 1.69. The van der Waals surface area contributed by atoms with Gasteiger partial charge >= 0.3 is 0 Å². The first-order valence-electron chi connectivity index (χ1n) is 9.50. The first-order chi connectivity index (χ1) is 10.1. The Morgan fingerprint density at radius 3 is 2.23 bits per heavy atom. The van der Waals surface area contributed by atoms with Crippen molar-refractivity contribution in [3.8, 4) is 0 Å². The first kappa shape index (κ1) is 15.4. The molecule has 0 aromatic rings. The van der Waals surface area contributed by atoms with Gasteiger partial charge in [-0.3, -0.25) is 0 Å². The van der Waals surface area contributed by atoms with E-state index in [1.807, 2.05) is 0 Å². The zero-order valence-corrected chi connectivity index (χ0v) is 15.0. The van der Waals surface area contributed by atoms with Crippen LogP contribution >= 0.6 is 0 Å². The molecule has 4 rings (SSSR count). The fourth-order valence-corrected chi connectivity index (χ4v) is 7.16. The number of fused-ring (bicyclic) bond motifs is 4. The normalized spacial score (nSPS) is 63.3. The van der Waals surface area contributed by atoms with Gasteiger partial charge in [-0.25, -0.2) is 0 Å². The van der Waals surface area contributed by atoms with Crippen LogP contribution in [0.2, 0.25) is 0 Å². The lowest BCUT2D eigenvalue weighted by atomic mass is 9.46. The second-order valence-corrected chi connectivity index (χ2v) is 10.4. The molecule has 0 aromatic carbocycles. The quantitative estimate of drug-likeness (QED) is 0.772. The molecule has 126 valence electrons. The fourth-order valence-electron chi connectivity index (χ4n) is 7.16. The molecule has 0 saturated heterocycles. The fraction of sp³-hybridized carbons (Fsp3) is 1.00. The molecule has 2 N–H and O–H groups in total. The van der Waals surface area contributed by atoms with Crippen LogP contribution < -0.4 is 0 Å². The van der Waals surface area contributed by atoms with Gasteiger partial charge in [-0.2, -0.15) is 0 Å². The summed E-state index contributed by atoms with van der Waals surface area (Å²) in [6.45, 7) is 11.7. The van der Waals surface area contributed by atoms with E-state index in [4.69, 9.17) is 0 Å². The lowest BCUT2D eigenvalue weighted by molar-refractivity contribution is -0.162. The van der Waals surface area contributed by atoms with Crippen molar-refractivity contribution in [1.82, 2.24) is 0 Å². The molecule has 0 bridgehead atoms. The Morgan fingerprint density at radius 1 is 0.909 bits per heavy atom. The molecule has 4 aliphatic carbocycles. The highest BCUT2D eigenvalue weighted by molar-refractivity contribution is 5.20. The van der Waals surface area contributed by atoms with E-state index in [0.717, 1.165) is 18.8 Å². The predicted octanol–water partition coefficient (Wildman–Crippen LogP) is 3.85. The molecular weight excluding hydrogens is 272 g/mol. The van der Waals surface area contributed by atoms with Crippen molar-refractivity contribution >= 4 is 0 Å². The highest BCUT2D eigenvalue weighted by Crippen LogP contribution is 2.74. The highest BCUT2D eigenvalue weighted by atomic mass is 16.3. The molecule has 0 unspecified atom stereocenters. The molecule has 0 heterocycles. The van der Waals surface area contributed by atoms with Crippen molar-refractivity contribution in [3.63, 3.8) is 0 Å². The molecule has 22 heavy (non-hydrogen) atoms. The molecule has 0 aliphatic heterocycles. The summed E-state index contributed by atoms with van der Waals surface area (Å²) in [7, 11) is 0. The molecule has 4 fully saturated rings.